The average Bonchev–Trinajstić information content (AvgIpc) is 2.36. The quantitative estimate of drug-likeness (QED) is 0.698. The number of rotatable bonds is 2. The van der Waals surface area contributed by atoms with Crippen molar-refractivity contribution in [1.29, 1.82) is 0 Å². The highest BCUT2D eigenvalue weighted by Crippen LogP contribution is 2.23. The lowest BCUT2D eigenvalue weighted by molar-refractivity contribution is -0.116. The maximum Gasteiger partial charge on any atom is 0.223 e. The first-order valence-corrected chi connectivity index (χ1v) is 4.28. The van der Waals surface area contributed by atoms with Gasteiger partial charge in [-0.05, 0) is 20.8 Å². The summed E-state index contributed by atoms with van der Waals surface area (Å²) in [5.74, 6) is 0.700. The molecule has 13 heavy (non-hydrogen) atoms. The Bertz CT molecular complexity index is 298. The number of anilines is 1. The van der Waals surface area contributed by atoms with E-state index in [0.717, 1.165) is 11.4 Å². The van der Waals surface area contributed by atoms with Gasteiger partial charge in [0.2, 0.25) is 5.91 Å². The van der Waals surface area contributed by atoms with Crippen LogP contribution in [0.5, 0.6) is 0 Å². The van der Waals surface area contributed by atoms with E-state index >= 15 is 0 Å². The summed E-state index contributed by atoms with van der Waals surface area (Å²) in [7, 11) is 0. The first-order chi connectivity index (χ1) is 6.07. The fraction of sp³-hybridized carbons (Fsp3) is 0.556. The highest BCUT2D eigenvalue weighted by Gasteiger charge is 2.18. The molecule has 0 fully saturated rings. The monoisotopic (exact) mass is 182 g/mol. The molecule has 0 aliphatic carbocycles. The maximum atomic E-state index is 11.2. The summed E-state index contributed by atoms with van der Waals surface area (Å²) in [4.78, 5) is 12.9. The van der Waals surface area contributed by atoms with E-state index in [-0.39, 0.29) is 5.91 Å². The van der Waals surface area contributed by atoms with Gasteiger partial charge in [0.1, 0.15) is 11.4 Å². The molecular weight excluding hydrogens is 168 g/mol. The highest BCUT2D eigenvalue weighted by molar-refractivity contribution is 5.92. The van der Waals surface area contributed by atoms with Crippen LogP contribution in [0.15, 0.2) is 4.52 Å². The van der Waals surface area contributed by atoms with Crippen molar-refractivity contribution in [1.82, 2.24) is 5.16 Å². The van der Waals surface area contributed by atoms with E-state index in [2.05, 4.69) is 5.16 Å². The van der Waals surface area contributed by atoms with E-state index < -0.39 is 0 Å². The van der Waals surface area contributed by atoms with E-state index in [4.69, 9.17) is 4.52 Å². The van der Waals surface area contributed by atoms with Gasteiger partial charge in [0.25, 0.3) is 0 Å². The van der Waals surface area contributed by atoms with E-state index in [9.17, 15) is 4.79 Å². The molecule has 72 valence electrons. The molecule has 1 aromatic rings. The standard InChI is InChI=1S/C9H14N2O2/c1-5-11(8(4)12)9-6(2)10-13-7(9)3/h5H2,1-4H3. The SMILES string of the molecule is CCN(C(C)=O)c1c(C)noc1C. The Labute approximate surface area is 77.5 Å². The van der Waals surface area contributed by atoms with E-state index in [1.807, 2.05) is 13.8 Å². The predicted octanol–water partition coefficient (Wildman–Crippen LogP) is 1.66. The number of hydrogen-bond donors (Lipinski definition) is 0. The lowest BCUT2D eigenvalue weighted by atomic mass is 10.3. The molecule has 0 aliphatic rings. The van der Waals surface area contributed by atoms with Gasteiger partial charge in [-0.25, -0.2) is 0 Å². The van der Waals surface area contributed by atoms with Crippen LogP contribution in [0.4, 0.5) is 5.69 Å². The van der Waals surface area contributed by atoms with Gasteiger partial charge in [-0.15, -0.1) is 0 Å². The third kappa shape index (κ3) is 1.71. The smallest absolute Gasteiger partial charge is 0.223 e. The van der Waals surface area contributed by atoms with Crippen molar-refractivity contribution in [2.75, 3.05) is 11.4 Å². The van der Waals surface area contributed by atoms with Crippen molar-refractivity contribution in [3.63, 3.8) is 0 Å². The van der Waals surface area contributed by atoms with Gasteiger partial charge >= 0.3 is 0 Å². The number of aryl methyl sites for hydroxylation is 2. The minimum Gasteiger partial charge on any atom is -0.359 e. The van der Waals surface area contributed by atoms with Crippen molar-refractivity contribution in [2.45, 2.75) is 27.7 Å². The fourth-order valence-electron chi connectivity index (χ4n) is 1.40. The zero-order valence-electron chi connectivity index (χ0n) is 8.42. The van der Waals surface area contributed by atoms with Crippen LogP contribution >= 0.6 is 0 Å². The zero-order chi connectivity index (χ0) is 10.0. The Kier molecular flexibility index (Phi) is 2.70. The molecule has 4 nitrogen and oxygen atoms in total. The third-order valence-corrected chi connectivity index (χ3v) is 1.96. The number of nitrogens with zero attached hydrogens (tertiary/aromatic N) is 2. The van der Waals surface area contributed by atoms with Crippen LogP contribution in [0, 0.1) is 13.8 Å². The molecule has 1 rings (SSSR count). The second-order valence-corrected chi connectivity index (χ2v) is 2.94. The van der Waals surface area contributed by atoms with Crippen molar-refractivity contribution in [3.8, 4) is 0 Å². The van der Waals surface area contributed by atoms with Crippen LogP contribution in [-0.4, -0.2) is 17.6 Å². The van der Waals surface area contributed by atoms with Gasteiger partial charge in [-0.3, -0.25) is 4.79 Å². The number of amides is 1. The average molecular weight is 182 g/mol. The molecule has 0 aliphatic heterocycles. The number of carbonyl (C=O) groups excluding carboxylic acids is 1. The minimum absolute atomic E-state index is 0.0110. The Morgan fingerprint density at radius 3 is 2.46 bits per heavy atom. The molecule has 0 saturated carbocycles. The Morgan fingerprint density at radius 2 is 2.15 bits per heavy atom. The summed E-state index contributed by atoms with van der Waals surface area (Å²) < 4.78 is 4.98. The van der Waals surface area contributed by atoms with Crippen molar-refractivity contribution < 1.29 is 9.32 Å². The van der Waals surface area contributed by atoms with Gasteiger partial charge in [-0.2, -0.15) is 0 Å². The number of carbonyl (C=O) groups is 1. The molecule has 1 amide bonds. The van der Waals surface area contributed by atoms with Gasteiger partial charge in [0, 0.05) is 13.5 Å². The Balaban J connectivity index is 3.10. The van der Waals surface area contributed by atoms with Crippen LogP contribution in [-0.2, 0) is 4.79 Å². The highest BCUT2D eigenvalue weighted by atomic mass is 16.5. The zero-order valence-corrected chi connectivity index (χ0v) is 8.42. The van der Waals surface area contributed by atoms with Crippen molar-refractivity contribution in [3.05, 3.63) is 11.5 Å². The Morgan fingerprint density at radius 1 is 1.54 bits per heavy atom. The molecule has 1 heterocycles. The molecule has 0 N–H and O–H groups in total. The Hall–Kier alpha value is -1.32. The summed E-state index contributed by atoms with van der Waals surface area (Å²) in [6, 6.07) is 0. The van der Waals surface area contributed by atoms with E-state index in [0.29, 0.717) is 12.3 Å². The molecule has 0 bridgehead atoms. The first-order valence-electron chi connectivity index (χ1n) is 4.28. The normalized spacial score (nSPS) is 10.2. The molecule has 0 aromatic carbocycles. The van der Waals surface area contributed by atoms with Crippen LogP contribution in [0.3, 0.4) is 0 Å². The minimum atomic E-state index is 0.0110. The largest absolute Gasteiger partial charge is 0.359 e. The van der Waals surface area contributed by atoms with Crippen molar-refractivity contribution >= 4 is 11.6 Å². The molecule has 0 atom stereocenters. The fourth-order valence-corrected chi connectivity index (χ4v) is 1.40. The lowest BCUT2D eigenvalue weighted by Gasteiger charge is -2.17. The number of hydrogen-bond acceptors (Lipinski definition) is 3. The molecule has 0 radical (unpaired) electrons. The third-order valence-electron chi connectivity index (χ3n) is 1.96. The van der Waals surface area contributed by atoms with Gasteiger partial charge in [0.15, 0.2) is 5.76 Å². The molecular formula is C9H14N2O2. The second-order valence-electron chi connectivity index (χ2n) is 2.94. The molecule has 0 spiro atoms. The topological polar surface area (TPSA) is 46.3 Å². The van der Waals surface area contributed by atoms with Gasteiger partial charge in [-0.1, -0.05) is 5.16 Å². The maximum absolute atomic E-state index is 11.2. The molecule has 0 unspecified atom stereocenters. The summed E-state index contributed by atoms with van der Waals surface area (Å²) in [6.45, 7) is 7.74. The van der Waals surface area contributed by atoms with Crippen molar-refractivity contribution in [2.24, 2.45) is 0 Å². The summed E-state index contributed by atoms with van der Waals surface area (Å²) in [5.41, 5.74) is 1.56. The molecule has 0 saturated heterocycles. The molecule has 4 heteroatoms. The summed E-state index contributed by atoms with van der Waals surface area (Å²) in [6.07, 6.45) is 0. The lowest BCUT2D eigenvalue weighted by Crippen LogP contribution is -2.28. The van der Waals surface area contributed by atoms with E-state index in [1.54, 1.807) is 11.8 Å². The number of aromatic nitrogens is 1. The molecule has 1 aromatic heterocycles. The second kappa shape index (κ2) is 3.60. The summed E-state index contributed by atoms with van der Waals surface area (Å²) in [5, 5.41) is 3.80. The van der Waals surface area contributed by atoms with Crippen LogP contribution < -0.4 is 4.90 Å². The van der Waals surface area contributed by atoms with E-state index in [1.165, 1.54) is 6.92 Å². The van der Waals surface area contributed by atoms with Crippen LogP contribution in [0.1, 0.15) is 25.3 Å². The predicted molar refractivity (Wildman–Crippen MR) is 49.7 cm³/mol. The first kappa shape index (κ1) is 9.77. The van der Waals surface area contributed by atoms with Gasteiger partial charge in [0.05, 0.1) is 0 Å². The van der Waals surface area contributed by atoms with Crippen LogP contribution in [0.2, 0.25) is 0 Å². The summed E-state index contributed by atoms with van der Waals surface area (Å²) >= 11 is 0. The van der Waals surface area contributed by atoms with Crippen LogP contribution in [0.25, 0.3) is 0 Å². The van der Waals surface area contributed by atoms with Gasteiger partial charge < -0.3 is 9.42 Å².